The van der Waals surface area contributed by atoms with Gasteiger partial charge in [-0.25, -0.2) is 0 Å². The van der Waals surface area contributed by atoms with E-state index in [1.54, 1.807) is 0 Å². The van der Waals surface area contributed by atoms with Gasteiger partial charge in [0.2, 0.25) is 6.04 Å². The summed E-state index contributed by atoms with van der Waals surface area (Å²) in [6.07, 6.45) is 12.1. The smallest absolute Gasteiger partial charge is 0.303 e. The van der Waals surface area contributed by atoms with Crippen molar-refractivity contribution in [2.24, 2.45) is 0 Å². The summed E-state index contributed by atoms with van der Waals surface area (Å²) < 4.78 is 0. The highest BCUT2D eigenvalue weighted by Crippen LogP contribution is 2.14. The Hall–Kier alpha value is -1.43. The maximum absolute atomic E-state index is 11.1. The normalized spacial score (nSPS) is 13.9. The number of nitro groups is 1. The summed E-state index contributed by atoms with van der Waals surface area (Å²) in [6.45, 7) is 2.13. The Bertz CT molecular complexity index is 370. The van der Waals surface area contributed by atoms with Crippen molar-refractivity contribution in [3.05, 3.63) is 22.3 Å². The Kier molecular flexibility index (Phi) is 14.2. The molecule has 24 heavy (non-hydrogen) atoms. The summed E-state index contributed by atoms with van der Waals surface area (Å²) >= 11 is 0. The average molecular weight is 343 g/mol. The lowest BCUT2D eigenvalue weighted by Gasteiger charge is -2.14. The van der Waals surface area contributed by atoms with Crippen molar-refractivity contribution >= 4 is 5.97 Å². The number of aliphatic hydroxyl groups excluding tert-OH is 1. The molecule has 0 aromatic heterocycles. The van der Waals surface area contributed by atoms with Crippen LogP contribution in [-0.2, 0) is 4.79 Å². The van der Waals surface area contributed by atoms with Crippen molar-refractivity contribution in [1.82, 2.24) is 0 Å². The lowest BCUT2D eigenvalue weighted by atomic mass is 10.0. The number of unbranched alkanes of at least 4 members (excludes halogenated alkanes) is 7. The van der Waals surface area contributed by atoms with Crippen molar-refractivity contribution in [1.29, 1.82) is 0 Å². The van der Waals surface area contributed by atoms with Crippen LogP contribution in [0.3, 0.4) is 0 Å². The largest absolute Gasteiger partial charge is 0.481 e. The highest BCUT2D eigenvalue weighted by Gasteiger charge is 2.27. The zero-order valence-corrected chi connectivity index (χ0v) is 14.9. The number of aliphatic hydroxyl groups is 1. The molecule has 2 N–H and O–H groups in total. The van der Waals surface area contributed by atoms with Gasteiger partial charge in [0.15, 0.2) is 0 Å². The Morgan fingerprint density at radius 2 is 1.75 bits per heavy atom. The predicted octanol–water partition coefficient (Wildman–Crippen LogP) is 4.33. The van der Waals surface area contributed by atoms with Crippen LogP contribution in [0.15, 0.2) is 12.2 Å². The summed E-state index contributed by atoms with van der Waals surface area (Å²) in [5.41, 5.74) is 0. The number of carbonyl (C=O) groups is 1. The van der Waals surface area contributed by atoms with E-state index in [2.05, 4.69) is 6.92 Å². The van der Waals surface area contributed by atoms with Crippen molar-refractivity contribution < 1.29 is 19.9 Å². The predicted molar refractivity (Wildman–Crippen MR) is 94.6 cm³/mol. The number of nitrogens with zero attached hydrogens (tertiary/aromatic N) is 1. The molecule has 6 heteroatoms. The first-order chi connectivity index (χ1) is 11.5. The number of allylic oxidation sites excluding steroid dienone is 1. The van der Waals surface area contributed by atoms with E-state index in [4.69, 9.17) is 5.11 Å². The van der Waals surface area contributed by atoms with Crippen LogP contribution in [0.2, 0.25) is 0 Å². The monoisotopic (exact) mass is 343 g/mol. The van der Waals surface area contributed by atoms with Crippen molar-refractivity contribution in [2.45, 2.75) is 96.1 Å². The molecular formula is C18H33NO5. The van der Waals surface area contributed by atoms with E-state index in [9.17, 15) is 20.0 Å². The van der Waals surface area contributed by atoms with Crippen LogP contribution in [0.4, 0.5) is 0 Å². The number of carboxylic acid groups (broad SMARTS) is 1. The van der Waals surface area contributed by atoms with Gasteiger partial charge in [0.1, 0.15) is 6.10 Å². The van der Waals surface area contributed by atoms with Crippen LogP contribution >= 0.6 is 0 Å². The van der Waals surface area contributed by atoms with E-state index < -0.39 is 18.1 Å². The quantitative estimate of drug-likeness (QED) is 0.188. The molecule has 140 valence electrons. The second-order valence-electron chi connectivity index (χ2n) is 6.32. The second kappa shape index (κ2) is 15.1. The molecule has 0 aliphatic carbocycles. The molecule has 0 fully saturated rings. The van der Waals surface area contributed by atoms with Crippen LogP contribution < -0.4 is 0 Å². The molecule has 0 radical (unpaired) electrons. The molecule has 0 aliphatic rings. The number of rotatable bonds is 16. The number of aliphatic carboxylic acids is 1. The topological polar surface area (TPSA) is 101 Å². The van der Waals surface area contributed by atoms with Crippen molar-refractivity contribution in [3.8, 4) is 0 Å². The fourth-order valence-corrected chi connectivity index (χ4v) is 2.60. The Morgan fingerprint density at radius 1 is 1.08 bits per heavy atom. The lowest BCUT2D eigenvalue weighted by Crippen LogP contribution is -2.33. The summed E-state index contributed by atoms with van der Waals surface area (Å²) in [4.78, 5) is 21.1. The molecule has 6 nitrogen and oxygen atoms in total. The third-order valence-corrected chi connectivity index (χ3v) is 4.12. The van der Waals surface area contributed by atoms with E-state index in [1.165, 1.54) is 0 Å². The SMILES string of the molecule is CCCCC/C=C/CC(C(O)CCCCCCCC(=O)O)[N+](=O)[O-]. The Morgan fingerprint density at radius 3 is 2.38 bits per heavy atom. The molecule has 0 spiro atoms. The van der Waals surface area contributed by atoms with E-state index in [0.717, 1.165) is 51.4 Å². The van der Waals surface area contributed by atoms with Gasteiger partial charge in [0.25, 0.3) is 0 Å². The molecule has 0 aromatic carbocycles. The maximum Gasteiger partial charge on any atom is 0.303 e. The van der Waals surface area contributed by atoms with Gasteiger partial charge in [-0.05, 0) is 25.7 Å². The molecule has 0 amide bonds. The summed E-state index contributed by atoms with van der Waals surface area (Å²) in [5.74, 6) is -0.776. The average Bonchev–Trinajstić information content (AvgIpc) is 2.52. The third-order valence-electron chi connectivity index (χ3n) is 4.12. The van der Waals surface area contributed by atoms with Crippen LogP contribution in [0.5, 0.6) is 0 Å². The van der Waals surface area contributed by atoms with E-state index in [0.29, 0.717) is 12.8 Å². The number of carboxylic acids is 1. The van der Waals surface area contributed by atoms with E-state index in [1.807, 2.05) is 12.2 Å². The van der Waals surface area contributed by atoms with Crippen molar-refractivity contribution in [2.75, 3.05) is 0 Å². The van der Waals surface area contributed by atoms with Gasteiger partial charge in [-0.15, -0.1) is 0 Å². The molecular weight excluding hydrogens is 310 g/mol. The highest BCUT2D eigenvalue weighted by atomic mass is 16.6. The van der Waals surface area contributed by atoms with Crippen LogP contribution in [0, 0.1) is 10.1 Å². The molecule has 0 rings (SSSR count). The molecule has 0 aliphatic heterocycles. The Balaban J connectivity index is 3.89. The molecule has 2 unspecified atom stereocenters. The van der Waals surface area contributed by atoms with Gasteiger partial charge in [0, 0.05) is 17.8 Å². The lowest BCUT2D eigenvalue weighted by molar-refractivity contribution is -0.533. The summed E-state index contributed by atoms with van der Waals surface area (Å²) in [7, 11) is 0. The maximum atomic E-state index is 11.1. The number of hydrogen-bond donors (Lipinski definition) is 2. The van der Waals surface area contributed by atoms with Crippen LogP contribution in [0.25, 0.3) is 0 Å². The van der Waals surface area contributed by atoms with Crippen molar-refractivity contribution in [3.63, 3.8) is 0 Å². The zero-order chi connectivity index (χ0) is 18.2. The van der Waals surface area contributed by atoms with Gasteiger partial charge in [-0.1, -0.05) is 57.6 Å². The van der Waals surface area contributed by atoms with Gasteiger partial charge in [-0.2, -0.15) is 0 Å². The molecule has 0 heterocycles. The zero-order valence-electron chi connectivity index (χ0n) is 14.9. The minimum Gasteiger partial charge on any atom is -0.481 e. The first kappa shape index (κ1) is 22.6. The summed E-state index contributed by atoms with van der Waals surface area (Å²) in [6, 6.07) is -0.931. The fraction of sp³-hybridized carbons (Fsp3) is 0.833. The molecule has 0 saturated heterocycles. The van der Waals surface area contributed by atoms with Gasteiger partial charge in [0.05, 0.1) is 0 Å². The minimum atomic E-state index is -0.931. The Labute approximate surface area is 145 Å². The van der Waals surface area contributed by atoms with E-state index in [-0.39, 0.29) is 17.8 Å². The van der Waals surface area contributed by atoms with Gasteiger partial charge in [-0.3, -0.25) is 14.9 Å². The third kappa shape index (κ3) is 13.0. The fourth-order valence-electron chi connectivity index (χ4n) is 2.60. The molecule has 0 aromatic rings. The van der Waals surface area contributed by atoms with Crippen LogP contribution in [-0.4, -0.2) is 33.3 Å². The first-order valence-electron chi connectivity index (χ1n) is 9.17. The summed E-state index contributed by atoms with van der Waals surface area (Å²) in [5, 5.41) is 29.7. The van der Waals surface area contributed by atoms with Gasteiger partial charge < -0.3 is 10.2 Å². The molecule has 0 saturated carbocycles. The molecule has 0 bridgehead atoms. The standard InChI is InChI=1S/C18H33NO5/c1-2-3-4-5-7-10-13-16(19(23)24)17(20)14-11-8-6-9-12-15-18(21)22/h7,10,16-17,20H,2-6,8-9,11-15H2,1H3,(H,21,22)/b10-7+. The highest BCUT2D eigenvalue weighted by molar-refractivity contribution is 5.66. The number of hydrogen-bond acceptors (Lipinski definition) is 4. The first-order valence-corrected chi connectivity index (χ1v) is 9.17. The minimum absolute atomic E-state index is 0.191. The van der Waals surface area contributed by atoms with E-state index >= 15 is 0 Å². The molecule has 2 atom stereocenters. The van der Waals surface area contributed by atoms with Crippen LogP contribution in [0.1, 0.15) is 84.0 Å². The second-order valence-corrected chi connectivity index (χ2v) is 6.32. The van der Waals surface area contributed by atoms with Gasteiger partial charge >= 0.3 is 5.97 Å².